The molecule has 0 unspecified atom stereocenters. The normalized spacial score (nSPS) is 15.1. The fourth-order valence-electron chi connectivity index (χ4n) is 2.23. The van der Waals surface area contributed by atoms with Crippen LogP contribution in [0.4, 0.5) is 0 Å². The molecule has 1 heterocycles. The molecule has 1 fully saturated rings. The van der Waals surface area contributed by atoms with Gasteiger partial charge in [0.15, 0.2) is 16.7 Å². The number of carbonyl (C=O) groups is 2. The zero-order chi connectivity index (χ0) is 19.9. The number of nitrogens with one attached hydrogen (secondary N) is 1. The summed E-state index contributed by atoms with van der Waals surface area (Å²) in [5.41, 5.74) is 1.08. The van der Waals surface area contributed by atoms with Crippen LogP contribution in [0.15, 0.2) is 52.7 Å². The summed E-state index contributed by atoms with van der Waals surface area (Å²) < 4.78 is 11.0. The largest absolute Gasteiger partial charge is 0.490 e. The summed E-state index contributed by atoms with van der Waals surface area (Å²) in [6, 6.07) is 11.5. The molecule has 1 amide bonds. The molecule has 1 N–H and O–H groups in total. The maximum atomic E-state index is 12.3. The minimum absolute atomic E-state index is 0.0931. The average molecular weight is 418 g/mol. The molecule has 0 bridgehead atoms. The second-order valence-electron chi connectivity index (χ2n) is 5.52. The van der Waals surface area contributed by atoms with E-state index in [2.05, 4.69) is 15.5 Å². The molecule has 0 spiro atoms. The molecule has 2 aromatic carbocycles. The third-order valence-corrected chi connectivity index (χ3v) is 4.61. The van der Waals surface area contributed by atoms with E-state index in [0.29, 0.717) is 45.2 Å². The van der Waals surface area contributed by atoms with Crippen molar-refractivity contribution in [3.05, 3.63) is 58.6 Å². The van der Waals surface area contributed by atoms with E-state index < -0.39 is 5.97 Å². The van der Waals surface area contributed by atoms with Crippen LogP contribution in [0.25, 0.3) is 0 Å². The molecule has 2 aromatic rings. The lowest BCUT2D eigenvalue weighted by atomic mass is 10.2. The molecule has 7 nitrogen and oxygen atoms in total. The maximum absolute atomic E-state index is 12.3. The van der Waals surface area contributed by atoms with Crippen molar-refractivity contribution in [1.29, 1.82) is 0 Å². The quantitative estimate of drug-likeness (QED) is 0.336. The number of rotatable bonds is 6. The highest BCUT2D eigenvalue weighted by atomic mass is 35.5. The van der Waals surface area contributed by atoms with Gasteiger partial charge in [0.2, 0.25) is 5.91 Å². The number of ether oxygens (including phenoxy) is 2. The Morgan fingerprint density at radius 2 is 2.04 bits per heavy atom. The Balaban J connectivity index is 1.74. The van der Waals surface area contributed by atoms with Gasteiger partial charge in [-0.25, -0.2) is 4.79 Å². The van der Waals surface area contributed by atoms with Gasteiger partial charge in [-0.15, -0.1) is 5.10 Å². The van der Waals surface area contributed by atoms with E-state index in [-0.39, 0.29) is 5.91 Å². The van der Waals surface area contributed by atoms with Crippen LogP contribution in [0.1, 0.15) is 22.8 Å². The molecule has 0 aromatic heterocycles. The van der Waals surface area contributed by atoms with Crippen LogP contribution in [0.5, 0.6) is 11.5 Å². The highest BCUT2D eigenvalue weighted by molar-refractivity contribution is 8.15. The molecule has 144 valence electrons. The van der Waals surface area contributed by atoms with Crippen molar-refractivity contribution in [3.63, 3.8) is 0 Å². The Kier molecular flexibility index (Phi) is 6.67. The van der Waals surface area contributed by atoms with Crippen molar-refractivity contribution >= 4 is 46.6 Å². The van der Waals surface area contributed by atoms with Crippen LogP contribution in [-0.2, 0) is 4.79 Å². The number of carbonyl (C=O) groups excluding carboxylic acids is 2. The average Bonchev–Trinajstić information content (AvgIpc) is 3.09. The fraction of sp³-hybridized carbons (Fsp3) is 0.158. The van der Waals surface area contributed by atoms with Crippen LogP contribution in [0.2, 0.25) is 5.02 Å². The number of halogens is 1. The van der Waals surface area contributed by atoms with Crippen molar-refractivity contribution in [2.45, 2.75) is 6.92 Å². The molecule has 0 radical (unpaired) electrons. The molecule has 9 heteroatoms. The smallest absolute Gasteiger partial charge is 0.343 e. The molecule has 3 rings (SSSR count). The predicted molar refractivity (Wildman–Crippen MR) is 110 cm³/mol. The summed E-state index contributed by atoms with van der Waals surface area (Å²) in [6.45, 7) is 2.23. The van der Waals surface area contributed by atoms with E-state index in [1.807, 2.05) is 6.92 Å². The van der Waals surface area contributed by atoms with E-state index in [0.717, 1.165) is 0 Å². The number of hydrogen-bond donors (Lipinski definition) is 1. The summed E-state index contributed by atoms with van der Waals surface area (Å²) in [4.78, 5) is 23.4. The third-order valence-electron chi connectivity index (χ3n) is 3.49. The number of benzene rings is 2. The summed E-state index contributed by atoms with van der Waals surface area (Å²) in [6.07, 6.45) is 1.52. The summed E-state index contributed by atoms with van der Waals surface area (Å²) in [7, 11) is 0. The first kappa shape index (κ1) is 19.9. The minimum atomic E-state index is -0.514. The number of esters is 1. The van der Waals surface area contributed by atoms with E-state index in [9.17, 15) is 9.59 Å². The van der Waals surface area contributed by atoms with Gasteiger partial charge in [0.1, 0.15) is 0 Å². The Morgan fingerprint density at radius 1 is 1.25 bits per heavy atom. The Labute approximate surface area is 170 Å². The van der Waals surface area contributed by atoms with Crippen molar-refractivity contribution in [2.24, 2.45) is 10.2 Å². The van der Waals surface area contributed by atoms with Gasteiger partial charge in [0, 0.05) is 5.02 Å². The Hall–Kier alpha value is -2.84. The number of hydrogen-bond acceptors (Lipinski definition) is 7. The zero-order valence-electron chi connectivity index (χ0n) is 14.8. The first-order valence-corrected chi connectivity index (χ1v) is 9.70. The van der Waals surface area contributed by atoms with E-state index in [1.165, 1.54) is 18.0 Å². The highest BCUT2D eigenvalue weighted by Gasteiger charge is 2.16. The van der Waals surface area contributed by atoms with Gasteiger partial charge in [-0.3, -0.25) is 4.79 Å². The van der Waals surface area contributed by atoms with E-state index in [1.54, 1.807) is 42.5 Å². The van der Waals surface area contributed by atoms with Crippen LogP contribution in [0, 0.1) is 0 Å². The first-order chi connectivity index (χ1) is 13.5. The van der Waals surface area contributed by atoms with Crippen LogP contribution in [0.3, 0.4) is 0 Å². The molecule has 0 saturated carbocycles. The molecule has 1 aliphatic rings. The second-order valence-corrected chi connectivity index (χ2v) is 6.92. The van der Waals surface area contributed by atoms with Crippen molar-refractivity contribution < 1.29 is 19.1 Å². The lowest BCUT2D eigenvalue weighted by molar-refractivity contribution is -0.116. The molecule has 0 atom stereocenters. The molecule has 1 saturated heterocycles. The minimum Gasteiger partial charge on any atom is -0.490 e. The van der Waals surface area contributed by atoms with Gasteiger partial charge in [-0.05, 0) is 55.0 Å². The molecule has 0 aliphatic carbocycles. The van der Waals surface area contributed by atoms with E-state index >= 15 is 0 Å². The van der Waals surface area contributed by atoms with Gasteiger partial charge in [0.05, 0.1) is 24.1 Å². The number of amides is 1. The summed E-state index contributed by atoms with van der Waals surface area (Å²) in [5, 5.41) is 11.5. The summed E-state index contributed by atoms with van der Waals surface area (Å²) in [5.74, 6) is 0.439. The lowest BCUT2D eigenvalue weighted by Crippen LogP contribution is -2.19. The van der Waals surface area contributed by atoms with Gasteiger partial charge in [-0.1, -0.05) is 23.4 Å². The molecule has 1 aliphatic heterocycles. The lowest BCUT2D eigenvalue weighted by Gasteiger charge is -2.11. The number of amidine groups is 1. The standard InChI is InChI=1S/C19H16ClN3O4S/c1-2-26-16-9-12(10-21-23-19-22-17(24)11-28-19)3-8-15(16)27-18(25)13-4-6-14(20)7-5-13/h3-10H,2,11H2,1H3,(H,22,23,24). The third kappa shape index (κ3) is 5.34. The predicted octanol–water partition coefficient (Wildman–Crippen LogP) is 3.51. The number of nitrogens with zero attached hydrogens (tertiary/aromatic N) is 2. The Bertz CT molecular complexity index is 945. The van der Waals surface area contributed by atoms with Gasteiger partial charge >= 0.3 is 5.97 Å². The Morgan fingerprint density at radius 3 is 2.71 bits per heavy atom. The van der Waals surface area contributed by atoms with Crippen LogP contribution < -0.4 is 14.8 Å². The zero-order valence-corrected chi connectivity index (χ0v) is 16.4. The maximum Gasteiger partial charge on any atom is 0.343 e. The first-order valence-electron chi connectivity index (χ1n) is 8.33. The fourth-order valence-corrected chi connectivity index (χ4v) is 2.99. The monoisotopic (exact) mass is 417 g/mol. The highest BCUT2D eigenvalue weighted by Crippen LogP contribution is 2.29. The van der Waals surface area contributed by atoms with Crippen molar-refractivity contribution in [3.8, 4) is 11.5 Å². The van der Waals surface area contributed by atoms with Gasteiger partial charge < -0.3 is 14.8 Å². The van der Waals surface area contributed by atoms with Crippen molar-refractivity contribution in [2.75, 3.05) is 12.4 Å². The SMILES string of the molecule is CCOc1cc(C=NN=C2NC(=O)CS2)ccc1OC(=O)c1ccc(Cl)cc1. The topological polar surface area (TPSA) is 89.3 Å². The van der Waals surface area contributed by atoms with Gasteiger partial charge in [0.25, 0.3) is 0 Å². The van der Waals surface area contributed by atoms with E-state index in [4.69, 9.17) is 21.1 Å². The van der Waals surface area contributed by atoms with Gasteiger partial charge in [-0.2, -0.15) is 5.10 Å². The van der Waals surface area contributed by atoms with Crippen LogP contribution >= 0.6 is 23.4 Å². The van der Waals surface area contributed by atoms with Crippen molar-refractivity contribution in [1.82, 2.24) is 5.32 Å². The molecular formula is C19H16ClN3O4S. The summed E-state index contributed by atoms with van der Waals surface area (Å²) >= 11 is 7.13. The van der Waals surface area contributed by atoms with Crippen LogP contribution in [-0.4, -0.2) is 35.6 Å². The molecule has 28 heavy (non-hydrogen) atoms. The second kappa shape index (κ2) is 9.38. The number of thioether (sulfide) groups is 1. The molecular weight excluding hydrogens is 402 g/mol.